The summed E-state index contributed by atoms with van der Waals surface area (Å²) in [5.74, 6) is 0.907. The van der Waals surface area contributed by atoms with Crippen LogP contribution in [0.1, 0.15) is 40.6 Å². The maximum absolute atomic E-state index is 11.6. The Morgan fingerprint density at radius 3 is 2.96 bits per heavy atom. The molecule has 1 N–H and O–H groups in total. The van der Waals surface area contributed by atoms with Crippen molar-refractivity contribution < 1.29 is 4.79 Å². The van der Waals surface area contributed by atoms with E-state index < -0.39 is 0 Å². The van der Waals surface area contributed by atoms with Crippen LogP contribution in [0.3, 0.4) is 0 Å². The number of hydrogen-bond donors (Lipinski definition) is 1. The second kappa shape index (κ2) is 5.74. The van der Waals surface area contributed by atoms with Crippen LogP contribution in [0.25, 0.3) is 10.2 Å². The van der Waals surface area contributed by atoms with Gasteiger partial charge < -0.3 is 5.32 Å². The second-order valence-corrected chi connectivity index (χ2v) is 6.96. The monoisotopic (exact) mass is 323 g/mol. The molecule has 4 rings (SSSR count). The largest absolute Gasteiger partial charge is 0.340 e. The number of hydrogen-bond acceptors (Lipinski definition) is 5. The van der Waals surface area contributed by atoms with Crippen LogP contribution >= 0.6 is 11.3 Å². The summed E-state index contributed by atoms with van der Waals surface area (Å²) in [4.78, 5) is 23.0. The number of aromatic nitrogens is 2. The Morgan fingerprint density at radius 1 is 1.22 bits per heavy atom. The van der Waals surface area contributed by atoms with E-state index in [-0.39, 0.29) is 5.78 Å². The van der Waals surface area contributed by atoms with Gasteiger partial charge in [-0.3, -0.25) is 4.79 Å². The lowest BCUT2D eigenvalue weighted by atomic mass is 9.97. The minimum Gasteiger partial charge on any atom is -0.340 e. The molecule has 116 valence electrons. The predicted octanol–water partition coefficient (Wildman–Crippen LogP) is 4.52. The lowest BCUT2D eigenvalue weighted by molar-refractivity contribution is 0.101. The molecule has 0 bridgehead atoms. The quantitative estimate of drug-likeness (QED) is 0.720. The molecular formula is C18H17N3OS. The molecule has 1 aliphatic rings. The van der Waals surface area contributed by atoms with Gasteiger partial charge in [0, 0.05) is 16.1 Å². The SMILES string of the molecule is CC(=O)c1cccc(Nc2ncnc3sc4c(c23)CCCC4)c1. The summed E-state index contributed by atoms with van der Waals surface area (Å²) in [7, 11) is 0. The number of nitrogens with one attached hydrogen (secondary N) is 1. The molecule has 1 aliphatic carbocycles. The summed E-state index contributed by atoms with van der Waals surface area (Å²) in [5, 5.41) is 4.53. The number of fused-ring (bicyclic) bond motifs is 3. The number of benzene rings is 1. The highest BCUT2D eigenvalue weighted by molar-refractivity contribution is 7.19. The number of rotatable bonds is 3. The van der Waals surface area contributed by atoms with Crippen molar-refractivity contribution in [2.45, 2.75) is 32.6 Å². The normalized spacial score (nSPS) is 13.8. The Morgan fingerprint density at radius 2 is 2.09 bits per heavy atom. The number of carbonyl (C=O) groups is 1. The van der Waals surface area contributed by atoms with Gasteiger partial charge in [0.15, 0.2) is 5.78 Å². The molecule has 5 heteroatoms. The van der Waals surface area contributed by atoms with Crippen molar-refractivity contribution in [1.29, 1.82) is 0 Å². The molecule has 0 atom stereocenters. The van der Waals surface area contributed by atoms with Gasteiger partial charge in [-0.05, 0) is 50.3 Å². The molecule has 1 aromatic carbocycles. The highest BCUT2D eigenvalue weighted by Crippen LogP contribution is 2.38. The molecule has 4 nitrogen and oxygen atoms in total. The Kier molecular flexibility index (Phi) is 3.58. The summed E-state index contributed by atoms with van der Waals surface area (Å²) in [6.45, 7) is 1.58. The zero-order chi connectivity index (χ0) is 15.8. The number of nitrogens with zero attached hydrogens (tertiary/aromatic N) is 2. The highest BCUT2D eigenvalue weighted by Gasteiger charge is 2.19. The van der Waals surface area contributed by atoms with Crippen LogP contribution in [-0.2, 0) is 12.8 Å². The van der Waals surface area contributed by atoms with Gasteiger partial charge in [-0.15, -0.1) is 11.3 Å². The number of ketones is 1. The van der Waals surface area contributed by atoms with E-state index in [0.717, 1.165) is 34.6 Å². The van der Waals surface area contributed by atoms with Crippen molar-refractivity contribution in [1.82, 2.24) is 9.97 Å². The number of carbonyl (C=O) groups excluding carboxylic acids is 1. The van der Waals surface area contributed by atoms with Crippen molar-refractivity contribution in [3.8, 4) is 0 Å². The van der Waals surface area contributed by atoms with E-state index in [9.17, 15) is 4.79 Å². The molecule has 0 radical (unpaired) electrons. The number of Topliss-reactive ketones (excluding diaryl/α,β-unsaturated/α-hetero) is 1. The molecular weight excluding hydrogens is 306 g/mol. The van der Waals surface area contributed by atoms with E-state index in [4.69, 9.17) is 0 Å². The van der Waals surface area contributed by atoms with Crippen LogP contribution in [0.2, 0.25) is 0 Å². The standard InChI is InChI=1S/C18H17N3OS/c1-11(22)12-5-4-6-13(9-12)21-17-16-14-7-2-3-8-15(14)23-18(16)20-10-19-17/h4-6,9-10H,2-3,7-8H2,1H3,(H,19,20,21). The van der Waals surface area contributed by atoms with E-state index in [0.29, 0.717) is 5.56 Å². The summed E-state index contributed by atoms with van der Waals surface area (Å²) in [5.41, 5.74) is 2.99. The average molecular weight is 323 g/mol. The van der Waals surface area contributed by atoms with Gasteiger partial charge in [0.2, 0.25) is 0 Å². The van der Waals surface area contributed by atoms with Gasteiger partial charge in [0.1, 0.15) is 17.0 Å². The Labute approximate surface area is 138 Å². The van der Waals surface area contributed by atoms with Crippen LogP contribution in [0, 0.1) is 0 Å². The zero-order valence-electron chi connectivity index (χ0n) is 12.9. The highest BCUT2D eigenvalue weighted by atomic mass is 32.1. The maximum atomic E-state index is 11.6. The fourth-order valence-corrected chi connectivity index (χ4v) is 4.37. The van der Waals surface area contributed by atoms with Crippen LogP contribution in [0.5, 0.6) is 0 Å². The van der Waals surface area contributed by atoms with E-state index in [1.165, 1.54) is 23.3 Å². The maximum Gasteiger partial charge on any atom is 0.159 e. The zero-order valence-corrected chi connectivity index (χ0v) is 13.7. The molecule has 0 spiro atoms. The van der Waals surface area contributed by atoms with E-state index in [2.05, 4.69) is 15.3 Å². The third-order valence-corrected chi connectivity index (χ3v) is 5.48. The first kappa shape index (κ1) is 14.3. The van der Waals surface area contributed by atoms with Gasteiger partial charge in [0.05, 0.1) is 5.39 Å². The van der Waals surface area contributed by atoms with E-state index >= 15 is 0 Å². The molecule has 3 aromatic rings. The van der Waals surface area contributed by atoms with E-state index in [1.54, 1.807) is 24.6 Å². The van der Waals surface area contributed by atoms with Crippen LogP contribution < -0.4 is 5.32 Å². The number of anilines is 2. The second-order valence-electron chi connectivity index (χ2n) is 5.88. The summed E-state index contributed by atoms with van der Waals surface area (Å²) < 4.78 is 0. The topological polar surface area (TPSA) is 54.9 Å². The first-order valence-electron chi connectivity index (χ1n) is 7.85. The first-order valence-corrected chi connectivity index (χ1v) is 8.67. The molecule has 0 saturated heterocycles. The minimum absolute atomic E-state index is 0.0643. The summed E-state index contributed by atoms with van der Waals surface area (Å²) in [6, 6.07) is 7.55. The number of aryl methyl sites for hydroxylation is 2. The predicted molar refractivity (Wildman–Crippen MR) is 93.8 cm³/mol. The van der Waals surface area contributed by atoms with Crippen molar-refractivity contribution in [2.75, 3.05) is 5.32 Å². The lowest BCUT2D eigenvalue weighted by Crippen LogP contribution is -2.01. The third kappa shape index (κ3) is 2.61. The smallest absolute Gasteiger partial charge is 0.159 e. The van der Waals surface area contributed by atoms with Crippen LogP contribution in [0.15, 0.2) is 30.6 Å². The Bertz CT molecular complexity index is 900. The molecule has 0 aliphatic heterocycles. The van der Waals surface area contributed by atoms with Gasteiger partial charge in [-0.1, -0.05) is 12.1 Å². The first-order chi connectivity index (χ1) is 11.2. The third-order valence-electron chi connectivity index (χ3n) is 4.28. The van der Waals surface area contributed by atoms with Gasteiger partial charge in [-0.25, -0.2) is 9.97 Å². The fraction of sp³-hybridized carbons (Fsp3) is 0.278. The van der Waals surface area contributed by atoms with Crippen molar-refractivity contribution in [2.24, 2.45) is 0 Å². The van der Waals surface area contributed by atoms with Crippen LogP contribution in [-0.4, -0.2) is 15.8 Å². The van der Waals surface area contributed by atoms with Gasteiger partial charge in [-0.2, -0.15) is 0 Å². The van der Waals surface area contributed by atoms with Crippen molar-refractivity contribution in [3.63, 3.8) is 0 Å². The lowest BCUT2D eigenvalue weighted by Gasteiger charge is -2.12. The molecule has 0 fully saturated rings. The van der Waals surface area contributed by atoms with Crippen molar-refractivity contribution in [3.05, 3.63) is 46.6 Å². The van der Waals surface area contributed by atoms with E-state index in [1.807, 2.05) is 24.3 Å². The molecule has 23 heavy (non-hydrogen) atoms. The van der Waals surface area contributed by atoms with Crippen molar-refractivity contribution >= 4 is 38.8 Å². The average Bonchev–Trinajstić information content (AvgIpc) is 2.94. The van der Waals surface area contributed by atoms with Crippen LogP contribution in [0.4, 0.5) is 11.5 Å². The van der Waals surface area contributed by atoms with Gasteiger partial charge in [0.25, 0.3) is 0 Å². The molecule has 0 saturated carbocycles. The number of thiophene rings is 1. The summed E-state index contributed by atoms with van der Waals surface area (Å²) >= 11 is 1.79. The summed E-state index contributed by atoms with van der Waals surface area (Å²) in [6.07, 6.45) is 6.35. The van der Waals surface area contributed by atoms with Gasteiger partial charge >= 0.3 is 0 Å². The molecule has 2 heterocycles. The molecule has 2 aromatic heterocycles. The minimum atomic E-state index is 0.0643. The fourth-order valence-electron chi connectivity index (χ4n) is 3.14. The molecule has 0 amide bonds. The Balaban J connectivity index is 1.78. The Hall–Kier alpha value is -2.27. The molecule has 0 unspecified atom stereocenters.